The van der Waals surface area contributed by atoms with Crippen LogP contribution < -0.4 is 10.2 Å². The Kier molecular flexibility index (Phi) is 8.96. The summed E-state index contributed by atoms with van der Waals surface area (Å²) in [6.07, 6.45) is 6.74. The van der Waals surface area contributed by atoms with Crippen molar-refractivity contribution in [3.05, 3.63) is 17.3 Å². The fourth-order valence-corrected chi connectivity index (χ4v) is 4.87. The first-order valence-electron chi connectivity index (χ1n) is 12.0. The number of nitrogens with one attached hydrogen (secondary N) is 1. The van der Waals surface area contributed by atoms with E-state index in [1.165, 1.54) is 0 Å². The second-order valence-corrected chi connectivity index (χ2v) is 9.46. The van der Waals surface area contributed by atoms with E-state index in [1.54, 1.807) is 0 Å². The zero-order valence-corrected chi connectivity index (χ0v) is 20.0. The van der Waals surface area contributed by atoms with E-state index in [4.69, 9.17) is 0 Å². The molecule has 1 aliphatic carbocycles. The number of nitrogens with zero attached hydrogens (tertiary/aromatic N) is 5. The fourth-order valence-electron chi connectivity index (χ4n) is 4.87. The average Bonchev–Trinajstić information content (AvgIpc) is 3.50. The predicted octanol–water partition coefficient (Wildman–Crippen LogP) is 1.98. The van der Waals surface area contributed by atoms with Gasteiger partial charge in [-0.05, 0) is 32.9 Å². The molecule has 2 heterocycles. The Morgan fingerprint density at radius 1 is 1.30 bits per heavy atom. The molecule has 1 aliphatic heterocycles. The Bertz CT molecular complexity index is 818. The molecule has 2 aliphatic rings. The topological polar surface area (TPSA) is 102 Å². The number of aryl methyl sites for hydroxylation is 1. The number of hydroxylamine groups is 2. The Labute approximate surface area is 195 Å². The van der Waals surface area contributed by atoms with Gasteiger partial charge in [-0.15, -0.1) is 0 Å². The molecule has 2 atom stereocenters. The number of carbonyl (C=O) groups is 2. The predicted molar refractivity (Wildman–Crippen MR) is 122 cm³/mol. The lowest BCUT2D eigenvalue weighted by molar-refractivity contribution is -0.155. The van der Waals surface area contributed by atoms with Crippen LogP contribution in [0.2, 0.25) is 0 Å². The molecular formula is C23H37FN6O3. The standard InChI is InChI=1S/C23H37FN6O3/c1-4-20-26-19(21(24)22(27-20)29-10-9-18(14-29)28(2)3)12-25-23(32)17(13-30(33)15-31)11-16-7-5-6-8-16/h15-18,33H,4-14H2,1-3H3,(H,25,32)/t17-,18+/m1/s1. The van der Waals surface area contributed by atoms with Crippen LogP contribution in [-0.4, -0.2) is 77.2 Å². The number of anilines is 1. The Morgan fingerprint density at radius 3 is 2.64 bits per heavy atom. The van der Waals surface area contributed by atoms with Crippen LogP contribution >= 0.6 is 0 Å². The van der Waals surface area contributed by atoms with Crippen molar-refractivity contribution in [3.63, 3.8) is 0 Å². The van der Waals surface area contributed by atoms with E-state index in [2.05, 4.69) is 20.2 Å². The highest BCUT2D eigenvalue weighted by Crippen LogP contribution is 2.31. The zero-order chi connectivity index (χ0) is 24.0. The van der Waals surface area contributed by atoms with Crippen LogP contribution in [0.3, 0.4) is 0 Å². The van der Waals surface area contributed by atoms with E-state index < -0.39 is 11.7 Å². The highest BCUT2D eigenvalue weighted by atomic mass is 19.1. The Hall–Kier alpha value is -2.33. The first-order chi connectivity index (χ1) is 15.8. The molecule has 0 spiro atoms. The molecule has 1 saturated carbocycles. The molecule has 10 heteroatoms. The molecule has 1 aromatic heterocycles. The van der Waals surface area contributed by atoms with E-state index in [-0.39, 0.29) is 24.7 Å². The van der Waals surface area contributed by atoms with Gasteiger partial charge in [0, 0.05) is 25.6 Å². The summed E-state index contributed by atoms with van der Waals surface area (Å²) in [6, 6.07) is 0.336. The second-order valence-electron chi connectivity index (χ2n) is 9.46. The molecule has 1 aromatic rings. The van der Waals surface area contributed by atoms with Crippen LogP contribution in [0, 0.1) is 17.7 Å². The number of hydrogen-bond acceptors (Lipinski definition) is 7. The summed E-state index contributed by atoms with van der Waals surface area (Å²) in [5.41, 5.74) is 0.161. The monoisotopic (exact) mass is 464 g/mol. The van der Waals surface area contributed by atoms with Crippen molar-refractivity contribution in [2.75, 3.05) is 38.6 Å². The van der Waals surface area contributed by atoms with Gasteiger partial charge >= 0.3 is 0 Å². The highest BCUT2D eigenvalue weighted by molar-refractivity contribution is 5.79. The van der Waals surface area contributed by atoms with E-state index >= 15 is 4.39 Å². The quantitative estimate of drug-likeness (QED) is 0.293. The number of carbonyl (C=O) groups excluding carboxylic acids is 2. The minimum Gasteiger partial charge on any atom is -0.352 e. The van der Waals surface area contributed by atoms with Gasteiger partial charge in [0.1, 0.15) is 11.5 Å². The highest BCUT2D eigenvalue weighted by Gasteiger charge is 2.30. The Balaban J connectivity index is 1.71. The SMILES string of the molecule is CCc1nc(CNC(=O)[C@H](CC2CCCC2)CN(O)C=O)c(F)c(N2CC[C@H](N(C)C)C2)n1. The third-order valence-electron chi connectivity index (χ3n) is 6.88. The van der Waals surface area contributed by atoms with Crippen molar-refractivity contribution in [2.45, 2.75) is 64.5 Å². The lowest BCUT2D eigenvalue weighted by Gasteiger charge is -2.23. The molecule has 2 N–H and O–H groups in total. The third kappa shape index (κ3) is 6.60. The zero-order valence-electron chi connectivity index (χ0n) is 20.0. The van der Waals surface area contributed by atoms with E-state index in [1.807, 2.05) is 25.9 Å². The summed E-state index contributed by atoms with van der Waals surface area (Å²) in [7, 11) is 4.03. The lowest BCUT2D eigenvalue weighted by atomic mass is 9.92. The molecule has 0 unspecified atom stereocenters. The van der Waals surface area contributed by atoms with Crippen LogP contribution in [0.4, 0.5) is 10.2 Å². The van der Waals surface area contributed by atoms with Crippen LogP contribution in [0.25, 0.3) is 0 Å². The molecule has 0 radical (unpaired) electrons. The molecule has 3 rings (SSSR count). The summed E-state index contributed by atoms with van der Waals surface area (Å²) in [5.74, 6) is -0.146. The first kappa shape index (κ1) is 25.3. The van der Waals surface area contributed by atoms with Crippen LogP contribution in [0.1, 0.15) is 57.0 Å². The maximum absolute atomic E-state index is 15.4. The van der Waals surface area contributed by atoms with Crippen LogP contribution in [0.15, 0.2) is 0 Å². The molecule has 0 bridgehead atoms. The van der Waals surface area contributed by atoms with Gasteiger partial charge in [0.05, 0.1) is 19.0 Å². The largest absolute Gasteiger partial charge is 0.352 e. The lowest BCUT2D eigenvalue weighted by Crippen LogP contribution is -2.38. The van der Waals surface area contributed by atoms with Gasteiger partial charge < -0.3 is 15.1 Å². The van der Waals surface area contributed by atoms with Crippen molar-refractivity contribution < 1.29 is 19.2 Å². The van der Waals surface area contributed by atoms with Gasteiger partial charge in [-0.1, -0.05) is 32.6 Å². The summed E-state index contributed by atoms with van der Waals surface area (Å²) in [6.45, 7) is 3.18. The maximum Gasteiger partial charge on any atom is 0.233 e. The van der Waals surface area contributed by atoms with Gasteiger partial charge in [0.15, 0.2) is 11.6 Å². The number of rotatable bonds is 11. The minimum atomic E-state index is -0.558. The molecular weight excluding hydrogens is 427 g/mol. The summed E-state index contributed by atoms with van der Waals surface area (Å²) in [4.78, 5) is 36.7. The van der Waals surface area contributed by atoms with Crippen molar-refractivity contribution in [1.29, 1.82) is 0 Å². The van der Waals surface area contributed by atoms with E-state index in [9.17, 15) is 14.8 Å². The number of amides is 2. The number of hydrogen-bond donors (Lipinski definition) is 2. The van der Waals surface area contributed by atoms with E-state index in [0.717, 1.165) is 32.1 Å². The molecule has 2 fully saturated rings. The second kappa shape index (κ2) is 11.7. The molecule has 33 heavy (non-hydrogen) atoms. The van der Waals surface area contributed by atoms with Gasteiger partial charge in [-0.25, -0.2) is 19.4 Å². The molecule has 9 nitrogen and oxygen atoms in total. The molecule has 1 saturated heterocycles. The van der Waals surface area contributed by atoms with Crippen molar-refractivity contribution in [3.8, 4) is 0 Å². The maximum atomic E-state index is 15.4. The van der Waals surface area contributed by atoms with Crippen molar-refractivity contribution >= 4 is 18.1 Å². The Morgan fingerprint density at radius 2 is 2.03 bits per heavy atom. The normalized spacial score (nSPS) is 19.8. The molecule has 2 amide bonds. The summed E-state index contributed by atoms with van der Waals surface area (Å²) in [5, 5.41) is 13.0. The minimum absolute atomic E-state index is 0.0637. The number of aromatic nitrogens is 2. The van der Waals surface area contributed by atoms with E-state index in [0.29, 0.717) is 61.0 Å². The van der Waals surface area contributed by atoms with Crippen LogP contribution in [-0.2, 0) is 22.6 Å². The molecule has 184 valence electrons. The first-order valence-corrected chi connectivity index (χ1v) is 12.0. The van der Waals surface area contributed by atoms with Gasteiger partial charge in [0.2, 0.25) is 12.3 Å². The van der Waals surface area contributed by atoms with Crippen LogP contribution in [0.5, 0.6) is 0 Å². The average molecular weight is 465 g/mol. The number of halogens is 1. The van der Waals surface area contributed by atoms with Gasteiger partial charge in [-0.3, -0.25) is 14.8 Å². The third-order valence-corrected chi connectivity index (χ3v) is 6.88. The smallest absolute Gasteiger partial charge is 0.233 e. The van der Waals surface area contributed by atoms with Crippen molar-refractivity contribution in [1.82, 2.24) is 25.2 Å². The molecule has 0 aromatic carbocycles. The van der Waals surface area contributed by atoms with Gasteiger partial charge in [-0.2, -0.15) is 0 Å². The summed E-state index contributed by atoms with van der Waals surface area (Å²) >= 11 is 0. The summed E-state index contributed by atoms with van der Waals surface area (Å²) < 4.78 is 15.4. The van der Waals surface area contributed by atoms with Crippen molar-refractivity contribution in [2.24, 2.45) is 11.8 Å². The number of likely N-dealkylation sites (N-methyl/N-ethyl adjacent to an activating group) is 1. The fraction of sp³-hybridized carbons (Fsp3) is 0.739. The van der Waals surface area contributed by atoms with Gasteiger partial charge in [0.25, 0.3) is 0 Å².